The van der Waals surface area contributed by atoms with E-state index in [2.05, 4.69) is 29.2 Å². The molecule has 1 amide bonds. The molecule has 196 valence electrons. The molecule has 0 unspecified atom stereocenters. The predicted molar refractivity (Wildman–Crippen MR) is 133 cm³/mol. The molecule has 36 heavy (non-hydrogen) atoms. The van der Waals surface area contributed by atoms with Gasteiger partial charge in [0.25, 0.3) is 0 Å². The zero-order valence-electron chi connectivity index (χ0n) is 21.3. The minimum atomic E-state index is -0.536. The van der Waals surface area contributed by atoms with Crippen molar-refractivity contribution in [2.24, 2.45) is 23.7 Å². The Balaban J connectivity index is 0.899. The SMILES string of the molecule is O=CN1CCN(CCOc2ccc(C3CCC4(CC3)OOC3(O4)C4CC5CC(C4)CC3C5)cc2)CC1. The second-order valence-electron chi connectivity index (χ2n) is 12.4. The van der Waals surface area contributed by atoms with Crippen LogP contribution in [0.2, 0.25) is 0 Å². The van der Waals surface area contributed by atoms with E-state index in [9.17, 15) is 4.79 Å². The first-order chi connectivity index (χ1) is 17.6. The first-order valence-corrected chi connectivity index (χ1v) is 14.3. The highest BCUT2D eigenvalue weighted by Crippen LogP contribution is 2.64. The quantitative estimate of drug-likeness (QED) is 0.432. The largest absolute Gasteiger partial charge is 0.492 e. The van der Waals surface area contributed by atoms with Gasteiger partial charge < -0.3 is 14.4 Å². The van der Waals surface area contributed by atoms with E-state index in [0.29, 0.717) is 24.4 Å². The summed E-state index contributed by atoms with van der Waals surface area (Å²) in [6.45, 7) is 5.04. The van der Waals surface area contributed by atoms with Gasteiger partial charge in [0.15, 0.2) is 0 Å². The first-order valence-electron chi connectivity index (χ1n) is 14.3. The van der Waals surface area contributed by atoms with Crippen LogP contribution in [-0.2, 0) is 19.3 Å². The normalized spacial score (nSPS) is 41.9. The van der Waals surface area contributed by atoms with Crippen molar-refractivity contribution in [2.75, 3.05) is 39.3 Å². The summed E-state index contributed by atoms with van der Waals surface area (Å²) in [6.07, 6.45) is 11.4. The van der Waals surface area contributed by atoms with Crippen molar-refractivity contribution in [1.82, 2.24) is 9.80 Å². The Labute approximate surface area is 214 Å². The number of amides is 1. The number of ether oxygens (including phenoxy) is 2. The molecule has 8 rings (SSSR count). The van der Waals surface area contributed by atoms with Crippen LogP contribution < -0.4 is 4.74 Å². The summed E-state index contributed by atoms with van der Waals surface area (Å²) in [7, 11) is 0. The lowest BCUT2D eigenvalue weighted by molar-refractivity contribution is -0.390. The summed E-state index contributed by atoms with van der Waals surface area (Å²) in [4.78, 5) is 27.3. The molecule has 2 heterocycles. The third kappa shape index (κ3) is 4.16. The summed E-state index contributed by atoms with van der Waals surface area (Å²) in [5.41, 5.74) is 1.38. The van der Waals surface area contributed by atoms with Crippen LogP contribution in [-0.4, -0.2) is 67.1 Å². The number of carbonyl (C=O) groups excluding carboxylic acids is 1. The van der Waals surface area contributed by atoms with Gasteiger partial charge in [0.2, 0.25) is 18.0 Å². The number of benzene rings is 1. The van der Waals surface area contributed by atoms with E-state index in [4.69, 9.17) is 19.2 Å². The molecule has 5 saturated carbocycles. The molecule has 5 aliphatic carbocycles. The second-order valence-corrected chi connectivity index (χ2v) is 12.4. The molecule has 1 aromatic carbocycles. The Morgan fingerprint density at radius 3 is 2.19 bits per heavy atom. The van der Waals surface area contributed by atoms with Crippen LogP contribution in [0.25, 0.3) is 0 Å². The number of hydrogen-bond donors (Lipinski definition) is 0. The maximum atomic E-state index is 10.9. The van der Waals surface area contributed by atoms with Gasteiger partial charge in [-0.05, 0) is 80.4 Å². The van der Waals surface area contributed by atoms with Gasteiger partial charge >= 0.3 is 0 Å². The smallest absolute Gasteiger partial charge is 0.210 e. The van der Waals surface area contributed by atoms with E-state index >= 15 is 0 Å². The van der Waals surface area contributed by atoms with Gasteiger partial charge in [0.1, 0.15) is 12.4 Å². The Kier molecular flexibility index (Phi) is 6.03. The summed E-state index contributed by atoms with van der Waals surface area (Å²) < 4.78 is 12.9. The molecular weight excluding hydrogens is 456 g/mol. The van der Waals surface area contributed by atoms with Crippen molar-refractivity contribution in [3.63, 3.8) is 0 Å². The molecule has 7 aliphatic rings. The summed E-state index contributed by atoms with van der Waals surface area (Å²) in [6, 6.07) is 8.68. The van der Waals surface area contributed by atoms with Crippen molar-refractivity contribution in [3.05, 3.63) is 29.8 Å². The molecule has 0 N–H and O–H groups in total. The standard InChI is InChI=1S/C29H40N2O5/c32-20-31-11-9-30(10-12-31)13-14-33-27-3-1-23(2-4-27)24-5-7-28(8-6-24)34-29(36-35-28)25-16-21-15-22(18-25)19-26(29)17-21/h1-4,20-22,24-26H,5-19H2. The molecule has 0 atom stereocenters. The van der Waals surface area contributed by atoms with E-state index in [-0.39, 0.29) is 0 Å². The number of rotatable bonds is 6. The van der Waals surface area contributed by atoms with Gasteiger partial charge in [-0.1, -0.05) is 12.1 Å². The zero-order valence-corrected chi connectivity index (χ0v) is 21.3. The van der Waals surface area contributed by atoms with Crippen LogP contribution in [0.5, 0.6) is 5.75 Å². The Hall–Kier alpha value is -1.67. The van der Waals surface area contributed by atoms with Crippen LogP contribution in [0.1, 0.15) is 69.3 Å². The summed E-state index contributed by atoms with van der Waals surface area (Å²) >= 11 is 0. The molecule has 1 aromatic rings. The monoisotopic (exact) mass is 496 g/mol. The summed E-state index contributed by atoms with van der Waals surface area (Å²) in [5.74, 6) is 3.30. The van der Waals surface area contributed by atoms with E-state index in [1.165, 1.54) is 37.7 Å². The maximum absolute atomic E-state index is 10.9. The average Bonchev–Trinajstić information content (AvgIpc) is 3.28. The number of carbonyl (C=O) groups is 1. The van der Waals surface area contributed by atoms with Gasteiger partial charge in [-0.25, -0.2) is 0 Å². The lowest BCUT2D eigenvalue weighted by Gasteiger charge is -2.57. The highest BCUT2D eigenvalue weighted by molar-refractivity contribution is 5.47. The molecule has 7 heteroatoms. The number of nitrogens with zero attached hydrogens (tertiary/aromatic N) is 2. The van der Waals surface area contributed by atoms with Crippen molar-refractivity contribution < 1.29 is 24.0 Å². The predicted octanol–water partition coefficient (Wildman–Crippen LogP) is 4.32. The summed E-state index contributed by atoms with van der Waals surface area (Å²) in [5, 5.41) is 0. The Morgan fingerprint density at radius 1 is 0.889 bits per heavy atom. The van der Waals surface area contributed by atoms with E-state index < -0.39 is 11.6 Å². The van der Waals surface area contributed by atoms with Crippen LogP contribution in [0.4, 0.5) is 0 Å². The van der Waals surface area contributed by atoms with E-state index in [1.54, 1.807) is 0 Å². The first kappa shape index (κ1) is 23.4. The zero-order chi connectivity index (χ0) is 24.2. The molecule has 2 spiro atoms. The highest BCUT2D eigenvalue weighted by Gasteiger charge is 2.66. The molecule has 4 bridgehead atoms. The number of piperazine rings is 1. The molecule has 2 saturated heterocycles. The fourth-order valence-corrected chi connectivity index (χ4v) is 8.41. The van der Waals surface area contributed by atoms with Crippen LogP contribution in [0, 0.1) is 23.7 Å². The van der Waals surface area contributed by atoms with Gasteiger partial charge in [0.05, 0.1) is 0 Å². The Bertz CT molecular complexity index is 907. The number of hydrogen-bond acceptors (Lipinski definition) is 6. The van der Waals surface area contributed by atoms with Crippen molar-refractivity contribution in [1.29, 1.82) is 0 Å². The average molecular weight is 497 g/mol. The topological polar surface area (TPSA) is 60.5 Å². The second kappa shape index (κ2) is 9.26. The van der Waals surface area contributed by atoms with Gasteiger partial charge in [-0.3, -0.25) is 9.69 Å². The lowest BCUT2D eigenvalue weighted by atomic mass is 9.53. The molecule has 7 nitrogen and oxygen atoms in total. The molecule has 7 fully saturated rings. The third-order valence-corrected chi connectivity index (χ3v) is 10.3. The Morgan fingerprint density at radius 2 is 1.56 bits per heavy atom. The highest BCUT2D eigenvalue weighted by atomic mass is 17.3. The van der Waals surface area contributed by atoms with E-state index in [0.717, 1.165) is 82.4 Å². The lowest BCUT2D eigenvalue weighted by Crippen LogP contribution is -2.59. The van der Waals surface area contributed by atoms with Crippen LogP contribution in [0.3, 0.4) is 0 Å². The van der Waals surface area contributed by atoms with Gasteiger partial charge in [-0.2, -0.15) is 9.78 Å². The fourth-order valence-electron chi connectivity index (χ4n) is 8.41. The minimum absolute atomic E-state index is 0.457. The van der Waals surface area contributed by atoms with Crippen molar-refractivity contribution >= 4 is 6.41 Å². The third-order valence-electron chi connectivity index (χ3n) is 10.3. The molecule has 0 radical (unpaired) electrons. The van der Waals surface area contributed by atoms with Gasteiger partial charge in [0, 0.05) is 57.4 Å². The van der Waals surface area contributed by atoms with Gasteiger partial charge in [-0.15, -0.1) is 0 Å². The van der Waals surface area contributed by atoms with Crippen LogP contribution in [0.15, 0.2) is 24.3 Å². The molecular formula is C29H40N2O5. The maximum Gasteiger partial charge on any atom is 0.210 e. The van der Waals surface area contributed by atoms with Crippen molar-refractivity contribution in [2.45, 2.75) is 75.3 Å². The van der Waals surface area contributed by atoms with Crippen molar-refractivity contribution in [3.8, 4) is 5.75 Å². The minimum Gasteiger partial charge on any atom is -0.492 e. The molecule has 2 aliphatic heterocycles. The van der Waals surface area contributed by atoms with E-state index in [1.807, 2.05) is 4.90 Å². The molecule has 0 aromatic heterocycles. The fraction of sp³-hybridized carbons (Fsp3) is 0.759. The van der Waals surface area contributed by atoms with Crippen LogP contribution >= 0.6 is 0 Å².